The Labute approximate surface area is 207 Å². The molecule has 32 heavy (non-hydrogen) atoms. The molecule has 0 aliphatic carbocycles. The number of nitrogens with one attached hydrogen (secondary N) is 1. The zero-order chi connectivity index (χ0) is 21.5. The van der Waals surface area contributed by atoms with Crippen molar-refractivity contribution in [2.24, 2.45) is 10.9 Å². The average Bonchev–Trinajstić information content (AvgIpc) is 3.45. The maximum absolute atomic E-state index is 5.94. The molecule has 0 amide bonds. The molecule has 1 unspecified atom stereocenters. The summed E-state index contributed by atoms with van der Waals surface area (Å²) in [4.78, 5) is 15.6. The van der Waals surface area contributed by atoms with Gasteiger partial charge >= 0.3 is 0 Å². The summed E-state index contributed by atoms with van der Waals surface area (Å²) in [6.07, 6.45) is 6.73. The van der Waals surface area contributed by atoms with Gasteiger partial charge in [0.1, 0.15) is 11.6 Å². The summed E-state index contributed by atoms with van der Waals surface area (Å²) in [7, 11) is 1.84. The van der Waals surface area contributed by atoms with Crippen LogP contribution in [-0.4, -0.2) is 52.1 Å². The van der Waals surface area contributed by atoms with Crippen LogP contribution in [0.4, 0.5) is 0 Å². The van der Waals surface area contributed by atoms with E-state index in [4.69, 9.17) is 4.74 Å². The van der Waals surface area contributed by atoms with Gasteiger partial charge in [-0.05, 0) is 30.5 Å². The highest BCUT2D eigenvalue weighted by atomic mass is 127. The summed E-state index contributed by atoms with van der Waals surface area (Å²) in [5.74, 6) is 3.26. The summed E-state index contributed by atoms with van der Waals surface area (Å²) in [6, 6.07) is 14.4. The summed E-state index contributed by atoms with van der Waals surface area (Å²) in [5, 5.41) is 3.47. The molecule has 1 atom stereocenters. The molecular weight excluding hydrogens is 515 g/mol. The number of rotatable bonds is 7. The zero-order valence-corrected chi connectivity index (χ0v) is 21.0. The SMILES string of the molecule is CN=C(NCc1ccc(-n2ccnc2C)nc1)N1CCC(COCc2ccccc2)C1.I. The van der Waals surface area contributed by atoms with E-state index in [1.165, 1.54) is 5.56 Å². The van der Waals surface area contributed by atoms with Crippen LogP contribution in [-0.2, 0) is 17.9 Å². The quantitative estimate of drug-likeness (QED) is 0.278. The van der Waals surface area contributed by atoms with Crippen LogP contribution >= 0.6 is 24.0 Å². The number of aromatic nitrogens is 3. The number of nitrogens with zero attached hydrogens (tertiary/aromatic N) is 5. The largest absolute Gasteiger partial charge is 0.376 e. The lowest BCUT2D eigenvalue weighted by Crippen LogP contribution is -2.39. The van der Waals surface area contributed by atoms with E-state index in [9.17, 15) is 0 Å². The van der Waals surface area contributed by atoms with Gasteiger partial charge in [-0.3, -0.25) is 9.56 Å². The third-order valence-electron chi connectivity index (χ3n) is 5.59. The van der Waals surface area contributed by atoms with Gasteiger partial charge in [-0.15, -0.1) is 24.0 Å². The van der Waals surface area contributed by atoms with Crippen LogP contribution < -0.4 is 5.32 Å². The number of ether oxygens (including phenoxy) is 1. The van der Waals surface area contributed by atoms with Crippen LogP contribution in [0.5, 0.6) is 0 Å². The van der Waals surface area contributed by atoms with Crippen LogP contribution in [0.25, 0.3) is 5.82 Å². The van der Waals surface area contributed by atoms with Crippen molar-refractivity contribution in [3.63, 3.8) is 0 Å². The molecule has 7 nitrogen and oxygen atoms in total. The number of hydrogen-bond donors (Lipinski definition) is 1. The van der Waals surface area contributed by atoms with Crippen LogP contribution in [0.3, 0.4) is 0 Å². The molecule has 2 aromatic heterocycles. The molecule has 3 aromatic rings. The molecule has 0 radical (unpaired) electrons. The second-order valence-corrected chi connectivity index (χ2v) is 7.87. The first-order valence-corrected chi connectivity index (χ1v) is 10.8. The lowest BCUT2D eigenvalue weighted by Gasteiger charge is -2.22. The summed E-state index contributed by atoms with van der Waals surface area (Å²) >= 11 is 0. The van der Waals surface area contributed by atoms with Gasteiger partial charge in [0.15, 0.2) is 5.96 Å². The van der Waals surface area contributed by atoms with Crippen LogP contribution in [0.2, 0.25) is 0 Å². The maximum atomic E-state index is 5.94. The van der Waals surface area contributed by atoms with Crippen LogP contribution in [0.1, 0.15) is 23.4 Å². The molecule has 3 heterocycles. The van der Waals surface area contributed by atoms with Crippen molar-refractivity contribution in [1.82, 2.24) is 24.8 Å². The van der Waals surface area contributed by atoms with E-state index in [-0.39, 0.29) is 24.0 Å². The number of imidazole rings is 1. The van der Waals surface area contributed by atoms with Crippen molar-refractivity contribution in [3.8, 4) is 5.82 Å². The number of likely N-dealkylation sites (tertiary alicyclic amines) is 1. The Balaban J connectivity index is 0.00000289. The summed E-state index contributed by atoms with van der Waals surface area (Å²) < 4.78 is 7.92. The van der Waals surface area contributed by atoms with Gasteiger partial charge in [-0.2, -0.15) is 0 Å². The highest BCUT2D eigenvalue weighted by Gasteiger charge is 2.25. The number of guanidine groups is 1. The van der Waals surface area contributed by atoms with Crippen molar-refractivity contribution in [2.45, 2.75) is 26.5 Å². The van der Waals surface area contributed by atoms with Gasteiger partial charge < -0.3 is 15.0 Å². The monoisotopic (exact) mass is 546 g/mol. The smallest absolute Gasteiger partial charge is 0.193 e. The molecule has 1 fully saturated rings. The molecule has 1 N–H and O–H groups in total. The van der Waals surface area contributed by atoms with Crippen molar-refractivity contribution in [1.29, 1.82) is 0 Å². The molecule has 170 valence electrons. The minimum absolute atomic E-state index is 0. The summed E-state index contributed by atoms with van der Waals surface area (Å²) in [6.45, 7) is 6.07. The Kier molecular flexibility index (Phi) is 9.04. The number of aryl methyl sites for hydroxylation is 1. The molecule has 0 spiro atoms. The topological polar surface area (TPSA) is 67.6 Å². The van der Waals surface area contributed by atoms with E-state index in [1.807, 2.05) is 55.2 Å². The van der Waals surface area contributed by atoms with E-state index in [2.05, 4.69) is 43.4 Å². The van der Waals surface area contributed by atoms with Crippen LogP contribution in [0, 0.1) is 12.8 Å². The fourth-order valence-electron chi connectivity index (χ4n) is 3.88. The van der Waals surface area contributed by atoms with Gasteiger partial charge in [0, 0.05) is 51.2 Å². The molecule has 4 rings (SSSR count). The lowest BCUT2D eigenvalue weighted by atomic mass is 10.1. The van der Waals surface area contributed by atoms with E-state index in [0.29, 0.717) is 19.1 Å². The number of benzene rings is 1. The average molecular weight is 546 g/mol. The normalized spacial score (nSPS) is 16.1. The third-order valence-corrected chi connectivity index (χ3v) is 5.59. The zero-order valence-electron chi connectivity index (χ0n) is 18.6. The first-order valence-electron chi connectivity index (χ1n) is 10.8. The maximum Gasteiger partial charge on any atom is 0.193 e. The van der Waals surface area contributed by atoms with Crippen molar-refractivity contribution in [2.75, 3.05) is 26.7 Å². The number of hydrogen-bond acceptors (Lipinski definition) is 4. The second kappa shape index (κ2) is 12.0. The molecule has 8 heteroatoms. The predicted molar refractivity (Wildman–Crippen MR) is 137 cm³/mol. The fraction of sp³-hybridized carbons (Fsp3) is 0.375. The van der Waals surface area contributed by atoms with Crippen molar-refractivity contribution in [3.05, 3.63) is 78.0 Å². The van der Waals surface area contributed by atoms with Gasteiger partial charge in [0.05, 0.1) is 13.2 Å². The van der Waals surface area contributed by atoms with E-state index >= 15 is 0 Å². The highest BCUT2D eigenvalue weighted by molar-refractivity contribution is 14.0. The lowest BCUT2D eigenvalue weighted by molar-refractivity contribution is 0.0906. The first kappa shape index (κ1) is 24.2. The summed E-state index contributed by atoms with van der Waals surface area (Å²) in [5.41, 5.74) is 2.34. The Bertz CT molecular complexity index is 989. The molecule has 0 bridgehead atoms. The minimum atomic E-state index is 0. The first-order chi connectivity index (χ1) is 15.2. The Morgan fingerprint density at radius 1 is 1.16 bits per heavy atom. The van der Waals surface area contributed by atoms with Gasteiger partial charge in [0.25, 0.3) is 0 Å². The van der Waals surface area contributed by atoms with Crippen LogP contribution in [0.15, 0.2) is 66.0 Å². The number of pyridine rings is 1. The van der Waals surface area contributed by atoms with Crippen molar-refractivity contribution < 1.29 is 4.74 Å². The standard InChI is InChI=1S/C24H30N6O.HI/c1-19-26-11-13-30(19)23-9-8-21(14-27-23)15-28-24(25-2)29-12-10-22(16-29)18-31-17-20-6-4-3-5-7-20;/h3-9,11,13-14,22H,10,12,15-18H2,1-2H3,(H,25,28);1H. The number of aliphatic imine (C=N–C) groups is 1. The van der Waals surface area contributed by atoms with Gasteiger partial charge in [-0.25, -0.2) is 9.97 Å². The molecule has 1 aliphatic rings. The minimum Gasteiger partial charge on any atom is -0.376 e. The van der Waals surface area contributed by atoms with E-state index < -0.39 is 0 Å². The van der Waals surface area contributed by atoms with Gasteiger partial charge in [-0.1, -0.05) is 36.4 Å². The fourth-order valence-corrected chi connectivity index (χ4v) is 3.88. The Hall–Kier alpha value is -2.46. The molecule has 1 aliphatic heterocycles. The molecule has 1 saturated heterocycles. The number of halogens is 1. The Morgan fingerprint density at radius 2 is 2.00 bits per heavy atom. The highest BCUT2D eigenvalue weighted by Crippen LogP contribution is 2.17. The van der Waals surface area contributed by atoms with Crippen molar-refractivity contribution >= 4 is 29.9 Å². The molecule has 0 saturated carbocycles. The third kappa shape index (κ3) is 6.29. The van der Waals surface area contributed by atoms with E-state index in [0.717, 1.165) is 49.3 Å². The molecule has 1 aromatic carbocycles. The predicted octanol–water partition coefficient (Wildman–Crippen LogP) is 3.81. The second-order valence-electron chi connectivity index (χ2n) is 7.87. The Morgan fingerprint density at radius 3 is 2.69 bits per heavy atom. The molecular formula is C24H31IN6O. The van der Waals surface area contributed by atoms with E-state index in [1.54, 1.807) is 6.20 Å². The van der Waals surface area contributed by atoms with Gasteiger partial charge in [0.2, 0.25) is 0 Å².